The van der Waals surface area contributed by atoms with Gasteiger partial charge in [-0.05, 0) is 31.6 Å². The van der Waals surface area contributed by atoms with Crippen LogP contribution in [0.3, 0.4) is 0 Å². The lowest BCUT2D eigenvalue weighted by Crippen LogP contribution is -2.42. The van der Waals surface area contributed by atoms with Crippen LogP contribution in [0.2, 0.25) is 0 Å². The Bertz CT molecular complexity index is 163. The average Bonchev–Trinajstić information content (AvgIpc) is 2.73. The molecule has 0 aromatic carbocycles. The molecule has 2 N–H and O–H groups in total. The van der Waals surface area contributed by atoms with Gasteiger partial charge in [0.2, 0.25) is 0 Å². The third-order valence-corrected chi connectivity index (χ3v) is 3.56. The molecule has 0 amide bonds. The third-order valence-electron chi connectivity index (χ3n) is 3.56. The van der Waals surface area contributed by atoms with Gasteiger partial charge in [-0.15, -0.1) is 0 Å². The monoisotopic (exact) mass is 168 g/mol. The first-order valence-corrected chi connectivity index (χ1v) is 5.23. The first kappa shape index (κ1) is 8.52. The molecule has 1 aliphatic carbocycles. The lowest BCUT2D eigenvalue weighted by molar-refractivity contribution is 0.365. The summed E-state index contributed by atoms with van der Waals surface area (Å²) in [5, 5.41) is 7.21. The van der Waals surface area contributed by atoms with E-state index in [0.29, 0.717) is 11.5 Å². The molecule has 1 aliphatic heterocycles. The Labute approximate surface area is 75.1 Å². The van der Waals surface area contributed by atoms with Crippen molar-refractivity contribution in [1.82, 2.24) is 10.6 Å². The smallest absolute Gasteiger partial charge is 0.0263 e. The molecule has 1 heterocycles. The van der Waals surface area contributed by atoms with Gasteiger partial charge in [-0.3, -0.25) is 0 Å². The largest absolute Gasteiger partial charge is 0.315 e. The second-order valence-corrected chi connectivity index (χ2v) is 4.52. The fourth-order valence-electron chi connectivity index (χ4n) is 2.19. The molecule has 1 unspecified atom stereocenters. The lowest BCUT2D eigenvalue weighted by Gasteiger charge is -2.22. The van der Waals surface area contributed by atoms with E-state index in [4.69, 9.17) is 0 Å². The minimum atomic E-state index is 0.670. The van der Waals surface area contributed by atoms with E-state index in [2.05, 4.69) is 24.5 Å². The van der Waals surface area contributed by atoms with E-state index < -0.39 is 0 Å². The Morgan fingerprint density at radius 1 is 1.58 bits per heavy atom. The lowest BCUT2D eigenvalue weighted by atomic mass is 10.00. The predicted molar refractivity (Wildman–Crippen MR) is 51.2 cm³/mol. The van der Waals surface area contributed by atoms with Crippen LogP contribution in [0.4, 0.5) is 0 Å². The summed E-state index contributed by atoms with van der Waals surface area (Å²) >= 11 is 0. The van der Waals surface area contributed by atoms with Crippen LogP contribution in [-0.4, -0.2) is 25.2 Å². The summed E-state index contributed by atoms with van der Waals surface area (Å²) in [7, 11) is 0. The third kappa shape index (κ3) is 1.38. The van der Waals surface area contributed by atoms with Crippen molar-refractivity contribution in [2.24, 2.45) is 5.41 Å². The standard InChI is InChI=1S/C10H20N2/c1-3-8(2)12-9-6-11-7-10(9)4-5-10/h8-9,11-12H,3-7H2,1-2H3/t8?,9-/m0/s1. The normalized spacial score (nSPS) is 34.0. The second kappa shape index (κ2) is 3.00. The summed E-state index contributed by atoms with van der Waals surface area (Å²) in [5.41, 5.74) is 0.670. The zero-order valence-corrected chi connectivity index (χ0v) is 8.19. The van der Waals surface area contributed by atoms with Gasteiger partial charge in [0.15, 0.2) is 0 Å². The molecule has 0 radical (unpaired) electrons. The number of hydrogen-bond donors (Lipinski definition) is 2. The fraction of sp³-hybridized carbons (Fsp3) is 1.00. The fourth-order valence-corrected chi connectivity index (χ4v) is 2.19. The first-order chi connectivity index (χ1) is 5.77. The van der Waals surface area contributed by atoms with Crippen molar-refractivity contribution in [1.29, 1.82) is 0 Å². The van der Waals surface area contributed by atoms with E-state index in [-0.39, 0.29) is 0 Å². The van der Waals surface area contributed by atoms with E-state index in [0.717, 1.165) is 6.04 Å². The Morgan fingerprint density at radius 2 is 2.33 bits per heavy atom. The van der Waals surface area contributed by atoms with Crippen LogP contribution in [0.1, 0.15) is 33.1 Å². The Morgan fingerprint density at radius 3 is 2.92 bits per heavy atom. The Kier molecular flexibility index (Phi) is 2.13. The quantitative estimate of drug-likeness (QED) is 0.660. The number of rotatable bonds is 3. The highest BCUT2D eigenvalue weighted by Gasteiger charge is 2.52. The van der Waals surface area contributed by atoms with Gasteiger partial charge >= 0.3 is 0 Å². The van der Waals surface area contributed by atoms with Crippen LogP contribution in [0.5, 0.6) is 0 Å². The molecule has 1 spiro atoms. The maximum absolute atomic E-state index is 3.72. The van der Waals surface area contributed by atoms with Crippen molar-refractivity contribution in [3.63, 3.8) is 0 Å². The highest BCUT2D eigenvalue weighted by Crippen LogP contribution is 2.50. The SMILES string of the molecule is CCC(C)N[C@H]1CNCC12CC2. The Balaban J connectivity index is 1.87. The highest BCUT2D eigenvalue weighted by atomic mass is 15.1. The molecule has 2 nitrogen and oxygen atoms in total. The zero-order valence-electron chi connectivity index (χ0n) is 8.19. The van der Waals surface area contributed by atoms with Gasteiger partial charge in [0, 0.05) is 25.2 Å². The average molecular weight is 168 g/mol. The van der Waals surface area contributed by atoms with Crippen molar-refractivity contribution < 1.29 is 0 Å². The molecular weight excluding hydrogens is 148 g/mol. The van der Waals surface area contributed by atoms with Crippen LogP contribution in [0.15, 0.2) is 0 Å². The van der Waals surface area contributed by atoms with Crippen molar-refractivity contribution in [2.45, 2.75) is 45.2 Å². The predicted octanol–water partition coefficient (Wildman–Crippen LogP) is 1.13. The summed E-state index contributed by atoms with van der Waals surface area (Å²) in [6.07, 6.45) is 4.12. The zero-order chi connectivity index (χ0) is 8.60. The van der Waals surface area contributed by atoms with Gasteiger partial charge in [0.25, 0.3) is 0 Å². The minimum Gasteiger partial charge on any atom is -0.315 e. The van der Waals surface area contributed by atoms with Gasteiger partial charge in [0.1, 0.15) is 0 Å². The van der Waals surface area contributed by atoms with Crippen LogP contribution in [-0.2, 0) is 0 Å². The molecule has 2 heteroatoms. The van der Waals surface area contributed by atoms with E-state index in [1.54, 1.807) is 0 Å². The molecule has 1 saturated heterocycles. The minimum absolute atomic E-state index is 0.670. The van der Waals surface area contributed by atoms with E-state index >= 15 is 0 Å². The summed E-state index contributed by atoms with van der Waals surface area (Å²) in [5.74, 6) is 0. The molecule has 0 aromatic rings. The van der Waals surface area contributed by atoms with Crippen molar-refractivity contribution in [3.8, 4) is 0 Å². The molecule has 12 heavy (non-hydrogen) atoms. The molecule has 2 fully saturated rings. The van der Waals surface area contributed by atoms with Crippen molar-refractivity contribution in [2.75, 3.05) is 13.1 Å². The molecule has 2 aliphatic rings. The maximum Gasteiger partial charge on any atom is 0.0263 e. The topological polar surface area (TPSA) is 24.1 Å². The van der Waals surface area contributed by atoms with Gasteiger partial charge in [-0.1, -0.05) is 6.92 Å². The van der Waals surface area contributed by atoms with Crippen LogP contribution in [0.25, 0.3) is 0 Å². The summed E-state index contributed by atoms with van der Waals surface area (Å²) in [6, 6.07) is 1.44. The van der Waals surface area contributed by atoms with Crippen LogP contribution in [0, 0.1) is 5.41 Å². The first-order valence-electron chi connectivity index (χ1n) is 5.23. The van der Waals surface area contributed by atoms with E-state index in [1.807, 2.05) is 0 Å². The van der Waals surface area contributed by atoms with Crippen LogP contribution < -0.4 is 10.6 Å². The molecule has 1 saturated carbocycles. The highest BCUT2D eigenvalue weighted by molar-refractivity contribution is 5.09. The van der Waals surface area contributed by atoms with Crippen LogP contribution >= 0.6 is 0 Å². The molecule has 0 aromatic heterocycles. The van der Waals surface area contributed by atoms with E-state index in [1.165, 1.54) is 32.4 Å². The summed E-state index contributed by atoms with van der Waals surface area (Å²) < 4.78 is 0. The van der Waals surface area contributed by atoms with Gasteiger partial charge in [0.05, 0.1) is 0 Å². The molecular formula is C10H20N2. The number of nitrogens with one attached hydrogen (secondary N) is 2. The number of hydrogen-bond acceptors (Lipinski definition) is 2. The van der Waals surface area contributed by atoms with Crippen molar-refractivity contribution in [3.05, 3.63) is 0 Å². The van der Waals surface area contributed by atoms with Gasteiger partial charge in [-0.2, -0.15) is 0 Å². The molecule has 70 valence electrons. The molecule has 2 rings (SSSR count). The van der Waals surface area contributed by atoms with Crippen molar-refractivity contribution >= 4 is 0 Å². The second-order valence-electron chi connectivity index (χ2n) is 4.52. The molecule has 2 atom stereocenters. The van der Waals surface area contributed by atoms with E-state index in [9.17, 15) is 0 Å². The molecule has 0 bridgehead atoms. The summed E-state index contributed by atoms with van der Waals surface area (Å²) in [4.78, 5) is 0. The van der Waals surface area contributed by atoms with Gasteiger partial charge in [-0.25, -0.2) is 0 Å². The maximum atomic E-state index is 3.72. The van der Waals surface area contributed by atoms with Gasteiger partial charge < -0.3 is 10.6 Å². The summed E-state index contributed by atoms with van der Waals surface area (Å²) in [6.45, 7) is 6.97. The Hall–Kier alpha value is -0.0800.